The van der Waals surface area contributed by atoms with Crippen molar-refractivity contribution in [3.63, 3.8) is 0 Å². The van der Waals surface area contributed by atoms with Crippen molar-refractivity contribution in [1.82, 2.24) is 9.88 Å². The molecule has 1 saturated heterocycles. The molecule has 184 valence electrons. The van der Waals surface area contributed by atoms with E-state index in [0.717, 1.165) is 27.5 Å². The van der Waals surface area contributed by atoms with Crippen LogP contribution in [-0.4, -0.2) is 39.4 Å². The maximum absolute atomic E-state index is 13.2. The molecule has 7 heteroatoms. The Labute approximate surface area is 213 Å². The number of rotatable bonds is 5. The van der Waals surface area contributed by atoms with Crippen molar-refractivity contribution in [3.05, 3.63) is 119 Å². The fourth-order valence-electron chi connectivity index (χ4n) is 4.62. The third-order valence-corrected chi connectivity index (χ3v) is 6.39. The van der Waals surface area contributed by atoms with Crippen LogP contribution in [0.15, 0.2) is 96.8 Å². The molecular weight excluding hydrogens is 468 g/mol. The zero-order valence-electron chi connectivity index (χ0n) is 20.1. The highest BCUT2D eigenvalue weighted by molar-refractivity contribution is 6.46. The monoisotopic (exact) mass is 492 g/mol. The number of likely N-dealkylation sites (tertiary alicyclic amines) is 1. The number of carbonyl (C=O) groups excluding carboxylic acids is 4. The van der Waals surface area contributed by atoms with Crippen LogP contribution in [0.5, 0.6) is 0 Å². The van der Waals surface area contributed by atoms with Crippen LogP contribution < -0.4 is 0 Å². The Hall–Kier alpha value is -4.87. The lowest BCUT2D eigenvalue weighted by Crippen LogP contribution is -2.31. The van der Waals surface area contributed by atoms with Gasteiger partial charge in [-0.1, -0.05) is 72.3 Å². The number of benzene rings is 3. The van der Waals surface area contributed by atoms with Crippen molar-refractivity contribution in [2.24, 2.45) is 0 Å². The van der Waals surface area contributed by atoms with Crippen LogP contribution in [0.3, 0.4) is 0 Å². The Morgan fingerprint density at radius 2 is 1.57 bits per heavy atom. The third-order valence-electron chi connectivity index (χ3n) is 6.39. The van der Waals surface area contributed by atoms with Crippen molar-refractivity contribution < 1.29 is 24.3 Å². The van der Waals surface area contributed by atoms with Crippen LogP contribution in [0, 0.1) is 6.92 Å². The summed E-state index contributed by atoms with van der Waals surface area (Å²) < 4.78 is 0. The topological polar surface area (TPSA) is 105 Å². The normalized spacial score (nSPS) is 16.2. The van der Waals surface area contributed by atoms with Gasteiger partial charge in [-0.05, 0) is 47.4 Å². The van der Waals surface area contributed by atoms with Gasteiger partial charge >= 0.3 is 6.15 Å². The number of aliphatic hydroxyl groups is 1. The maximum Gasteiger partial charge on any atom is 0.373 e. The van der Waals surface area contributed by atoms with E-state index in [9.17, 15) is 14.7 Å². The van der Waals surface area contributed by atoms with E-state index in [2.05, 4.69) is 29.2 Å². The van der Waals surface area contributed by atoms with E-state index in [1.165, 1.54) is 0 Å². The van der Waals surface area contributed by atoms with Gasteiger partial charge in [-0.2, -0.15) is 9.59 Å². The summed E-state index contributed by atoms with van der Waals surface area (Å²) in [6.45, 7) is 2.34. The van der Waals surface area contributed by atoms with Gasteiger partial charge in [0.25, 0.3) is 11.7 Å². The minimum atomic E-state index is -0.669. The summed E-state index contributed by atoms with van der Waals surface area (Å²) in [7, 11) is 0. The number of carbonyl (C=O) groups is 2. The second kappa shape index (κ2) is 11.2. The Kier molecular flexibility index (Phi) is 7.67. The van der Waals surface area contributed by atoms with Crippen molar-refractivity contribution in [3.8, 4) is 0 Å². The molecule has 0 aliphatic carbocycles. The number of pyridine rings is 1. The lowest BCUT2D eigenvalue weighted by atomic mass is 9.94. The molecule has 0 bridgehead atoms. The van der Waals surface area contributed by atoms with Crippen LogP contribution in [0.1, 0.15) is 28.3 Å². The molecule has 4 aromatic rings. The Bertz CT molecular complexity index is 1500. The minimum Gasteiger partial charge on any atom is -0.507 e. The summed E-state index contributed by atoms with van der Waals surface area (Å²) >= 11 is 0. The predicted octanol–water partition coefficient (Wildman–Crippen LogP) is 4.62. The molecule has 2 heterocycles. The first-order valence-corrected chi connectivity index (χ1v) is 11.7. The summed E-state index contributed by atoms with van der Waals surface area (Å²) in [5, 5.41) is 13.4. The zero-order valence-corrected chi connectivity index (χ0v) is 20.1. The number of ketones is 1. The molecule has 7 nitrogen and oxygen atoms in total. The fraction of sp³-hybridized carbons (Fsp3) is 0.133. The largest absolute Gasteiger partial charge is 0.507 e. The Morgan fingerprint density at radius 3 is 2.27 bits per heavy atom. The van der Waals surface area contributed by atoms with Gasteiger partial charge in [0, 0.05) is 24.5 Å². The summed E-state index contributed by atoms with van der Waals surface area (Å²) in [5.74, 6) is -1.45. The lowest BCUT2D eigenvalue weighted by Gasteiger charge is -2.25. The second-order valence-electron chi connectivity index (χ2n) is 8.61. The number of aryl methyl sites for hydroxylation is 1. The van der Waals surface area contributed by atoms with E-state index in [1.807, 2.05) is 49.4 Å². The van der Waals surface area contributed by atoms with Crippen molar-refractivity contribution in [1.29, 1.82) is 0 Å². The van der Waals surface area contributed by atoms with Crippen LogP contribution in [0.4, 0.5) is 0 Å². The van der Waals surface area contributed by atoms with Crippen LogP contribution in [-0.2, 0) is 25.6 Å². The first-order valence-electron chi connectivity index (χ1n) is 11.7. The van der Waals surface area contributed by atoms with Crippen molar-refractivity contribution >= 4 is 34.4 Å². The molecule has 1 aromatic heterocycles. The highest BCUT2D eigenvalue weighted by Crippen LogP contribution is 2.39. The quantitative estimate of drug-likeness (QED) is 0.248. The van der Waals surface area contributed by atoms with E-state index in [1.54, 1.807) is 29.4 Å². The number of Topliss-reactive ketones (excluding diaryl/α,β-unsaturated/α-hetero) is 1. The summed E-state index contributed by atoms with van der Waals surface area (Å²) in [6.07, 6.45) is 3.94. The number of aliphatic hydroxyl groups excluding tert-OH is 1. The van der Waals surface area contributed by atoms with E-state index in [4.69, 9.17) is 9.59 Å². The molecule has 0 saturated carbocycles. The van der Waals surface area contributed by atoms with Crippen molar-refractivity contribution in [2.45, 2.75) is 19.4 Å². The molecule has 1 amide bonds. The molecule has 1 aliphatic heterocycles. The number of amides is 1. The fourth-order valence-corrected chi connectivity index (χ4v) is 4.62. The van der Waals surface area contributed by atoms with Gasteiger partial charge in [0.2, 0.25) is 0 Å². The van der Waals surface area contributed by atoms with Gasteiger partial charge in [0.15, 0.2) is 0 Å². The number of fused-ring (bicyclic) bond motifs is 1. The third kappa shape index (κ3) is 5.22. The van der Waals surface area contributed by atoms with Crippen molar-refractivity contribution in [2.75, 3.05) is 6.54 Å². The molecule has 1 unspecified atom stereocenters. The predicted molar refractivity (Wildman–Crippen MR) is 137 cm³/mol. The Balaban J connectivity index is 0.00000102. The standard InChI is InChI=1S/C29H24N2O3.CO2/c1-19-9-11-22(12-10-19)26-25(27(32)23-13-16-30-17-14-23)28(33)29(34)31(26)18-15-21-7-4-6-20-5-2-3-8-24(20)21;2-1-3/h2-14,16-17,26,32H,15,18H2,1H3;. The summed E-state index contributed by atoms with van der Waals surface area (Å²) in [6, 6.07) is 24.6. The van der Waals surface area contributed by atoms with Gasteiger partial charge < -0.3 is 10.0 Å². The summed E-state index contributed by atoms with van der Waals surface area (Å²) in [4.78, 5) is 48.2. The molecule has 5 rings (SSSR count). The molecule has 0 radical (unpaired) electrons. The number of aromatic nitrogens is 1. The Morgan fingerprint density at radius 1 is 0.919 bits per heavy atom. The first kappa shape index (κ1) is 25.2. The van der Waals surface area contributed by atoms with Crippen LogP contribution in [0.2, 0.25) is 0 Å². The number of hydrogen-bond acceptors (Lipinski definition) is 6. The molecular formula is C30H24N2O5. The second-order valence-corrected chi connectivity index (χ2v) is 8.61. The SMILES string of the molecule is Cc1ccc(C2C(=C(O)c3ccncc3)C(=O)C(=O)N2CCc2cccc3ccccc23)cc1.O=C=O. The molecule has 1 N–H and O–H groups in total. The molecule has 0 spiro atoms. The molecule has 3 aromatic carbocycles. The van der Waals surface area contributed by atoms with Gasteiger partial charge in [-0.3, -0.25) is 14.6 Å². The molecule has 1 fully saturated rings. The van der Waals surface area contributed by atoms with Gasteiger partial charge in [-0.15, -0.1) is 0 Å². The average molecular weight is 493 g/mol. The first-order chi connectivity index (χ1) is 18.0. The molecule has 1 aliphatic rings. The minimum absolute atomic E-state index is 0.109. The van der Waals surface area contributed by atoms with Gasteiger partial charge in [0.1, 0.15) is 5.76 Å². The summed E-state index contributed by atoms with van der Waals surface area (Å²) in [5.41, 5.74) is 3.54. The average Bonchev–Trinajstić information content (AvgIpc) is 3.18. The van der Waals surface area contributed by atoms with E-state index in [0.29, 0.717) is 18.5 Å². The smallest absolute Gasteiger partial charge is 0.373 e. The number of nitrogens with zero attached hydrogens (tertiary/aromatic N) is 2. The maximum atomic E-state index is 13.2. The van der Waals surface area contributed by atoms with Gasteiger partial charge in [-0.25, -0.2) is 0 Å². The van der Waals surface area contributed by atoms with E-state index < -0.39 is 17.7 Å². The zero-order chi connectivity index (χ0) is 26.4. The van der Waals surface area contributed by atoms with E-state index >= 15 is 0 Å². The highest BCUT2D eigenvalue weighted by Gasteiger charge is 2.45. The van der Waals surface area contributed by atoms with Crippen LogP contribution in [0.25, 0.3) is 16.5 Å². The van der Waals surface area contributed by atoms with Crippen LogP contribution >= 0.6 is 0 Å². The molecule has 1 atom stereocenters. The molecule has 37 heavy (non-hydrogen) atoms. The van der Waals surface area contributed by atoms with Gasteiger partial charge in [0.05, 0.1) is 11.6 Å². The lowest BCUT2D eigenvalue weighted by molar-refractivity contribution is -0.191. The van der Waals surface area contributed by atoms with E-state index in [-0.39, 0.29) is 17.5 Å². The number of hydrogen-bond donors (Lipinski definition) is 1. The highest BCUT2D eigenvalue weighted by atomic mass is 16.3.